The average molecular weight is 558 g/mol. The Morgan fingerprint density at radius 3 is 2.42 bits per heavy atom. The molecule has 2 heterocycles. The van der Waals surface area contributed by atoms with E-state index in [0.717, 1.165) is 23.1 Å². The van der Waals surface area contributed by atoms with E-state index in [1.165, 1.54) is 23.9 Å². The van der Waals surface area contributed by atoms with Gasteiger partial charge in [0.05, 0.1) is 11.4 Å². The van der Waals surface area contributed by atoms with Gasteiger partial charge in [0, 0.05) is 25.1 Å². The molecule has 2 aliphatic rings. The van der Waals surface area contributed by atoms with Gasteiger partial charge >= 0.3 is 0 Å². The van der Waals surface area contributed by atoms with E-state index >= 15 is 0 Å². The number of para-hydroxylation sites is 1. The van der Waals surface area contributed by atoms with E-state index < -0.39 is 6.04 Å². The van der Waals surface area contributed by atoms with E-state index in [2.05, 4.69) is 15.6 Å². The minimum Gasteiger partial charge on any atom is -0.355 e. The molecule has 0 aliphatic carbocycles. The van der Waals surface area contributed by atoms with Crippen molar-refractivity contribution in [3.8, 4) is 0 Å². The lowest BCUT2D eigenvalue weighted by Gasteiger charge is -2.31. The smallest absolute Gasteiger partial charge is 0.270 e. The number of nitrogens with zero attached hydrogens (tertiary/aromatic N) is 3. The molecular formula is C30H28FN5O3S. The molecule has 3 amide bonds. The SMILES string of the molecule is O=C(CCC1C(=O)N=C2c3ccccc3N=C(SCC(=O)NCCc3ccccc3)N21)NCc1ccc(F)cc1. The number of rotatable bonds is 10. The number of hydrogen-bond acceptors (Lipinski definition) is 6. The summed E-state index contributed by atoms with van der Waals surface area (Å²) in [5, 5.41) is 6.24. The third-order valence-electron chi connectivity index (χ3n) is 6.57. The summed E-state index contributed by atoms with van der Waals surface area (Å²) in [6.07, 6.45) is 1.05. The Morgan fingerprint density at radius 1 is 0.875 bits per heavy atom. The fourth-order valence-electron chi connectivity index (χ4n) is 4.51. The van der Waals surface area contributed by atoms with Gasteiger partial charge in [0.15, 0.2) is 5.17 Å². The number of carbonyl (C=O) groups excluding carboxylic acids is 3. The summed E-state index contributed by atoms with van der Waals surface area (Å²) in [5.74, 6) is -0.444. The van der Waals surface area contributed by atoms with Crippen LogP contribution in [-0.2, 0) is 27.3 Å². The second-order valence-electron chi connectivity index (χ2n) is 9.39. The highest BCUT2D eigenvalue weighted by atomic mass is 32.2. The molecule has 3 aromatic carbocycles. The first-order valence-electron chi connectivity index (χ1n) is 13.0. The molecule has 204 valence electrons. The van der Waals surface area contributed by atoms with Crippen molar-refractivity contribution in [3.05, 3.63) is 101 Å². The first kappa shape index (κ1) is 27.3. The maximum atomic E-state index is 13.1. The number of carbonyl (C=O) groups is 3. The van der Waals surface area contributed by atoms with Crippen LogP contribution in [0.1, 0.15) is 29.5 Å². The minimum absolute atomic E-state index is 0.0937. The number of thioether (sulfide) groups is 1. The molecule has 5 rings (SSSR count). The van der Waals surface area contributed by atoms with Gasteiger partial charge in [0.25, 0.3) is 5.91 Å². The van der Waals surface area contributed by atoms with Crippen LogP contribution in [-0.4, -0.2) is 52.0 Å². The largest absolute Gasteiger partial charge is 0.355 e. The monoisotopic (exact) mass is 557 g/mol. The van der Waals surface area contributed by atoms with Crippen molar-refractivity contribution in [1.29, 1.82) is 0 Å². The molecule has 0 aromatic heterocycles. The minimum atomic E-state index is -0.702. The summed E-state index contributed by atoms with van der Waals surface area (Å²) in [5.41, 5.74) is 3.33. The number of fused-ring (bicyclic) bond motifs is 3. The lowest BCUT2D eigenvalue weighted by atomic mass is 10.1. The van der Waals surface area contributed by atoms with Gasteiger partial charge in [-0.3, -0.25) is 19.3 Å². The van der Waals surface area contributed by atoms with Crippen molar-refractivity contribution >= 4 is 46.2 Å². The second-order valence-corrected chi connectivity index (χ2v) is 10.3. The normalized spacial score (nSPS) is 15.6. The Balaban J connectivity index is 1.21. The fraction of sp³-hybridized carbons (Fsp3) is 0.233. The van der Waals surface area contributed by atoms with Crippen LogP contribution < -0.4 is 10.6 Å². The Kier molecular flexibility index (Phi) is 8.65. The number of amidine groups is 2. The summed E-state index contributed by atoms with van der Waals surface area (Å²) in [4.78, 5) is 49.0. The quantitative estimate of drug-likeness (QED) is 0.393. The maximum absolute atomic E-state index is 13.1. The second kappa shape index (κ2) is 12.7. The summed E-state index contributed by atoms with van der Waals surface area (Å²) in [6, 6.07) is 22.5. The van der Waals surface area contributed by atoms with Crippen molar-refractivity contribution < 1.29 is 18.8 Å². The van der Waals surface area contributed by atoms with Crippen molar-refractivity contribution in [2.24, 2.45) is 9.98 Å². The zero-order chi connectivity index (χ0) is 27.9. The molecule has 8 nitrogen and oxygen atoms in total. The molecular weight excluding hydrogens is 529 g/mol. The van der Waals surface area contributed by atoms with Crippen LogP contribution in [0, 0.1) is 5.82 Å². The molecule has 0 fully saturated rings. The number of amides is 3. The molecule has 0 radical (unpaired) electrons. The van der Waals surface area contributed by atoms with E-state index in [1.54, 1.807) is 17.0 Å². The molecule has 3 aromatic rings. The molecule has 0 saturated carbocycles. The Labute approximate surface area is 235 Å². The maximum Gasteiger partial charge on any atom is 0.270 e. The van der Waals surface area contributed by atoms with Crippen LogP contribution in [0.15, 0.2) is 88.8 Å². The van der Waals surface area contributed by atoms with E-state index in [9.17, 15) is 18.8 Å². The van der Waals surface area contributed by atoms with E-state index in [0.29, 0.717) is 23.2 Å². The zero-order valence-electron chi connectivity index (χ0n) is 21.7. The highest BCUT2D eigenvalue weighted by Crippen LogP contribution is 2.35. The summed E-state index contributed by atoms with van der Waals surface area (Å²) in [6.45, 7) is 0.780. The van der Waals surface area contributed by atoms with Gasteiger partial charge in [-0.05, 0) is 48.2 Å². The van der Waals surface area contributed by atoms with Crippen LogP contribution in [0.3, 0.4) is 0 Å². The van der Waals surface area contributed by atoms with Gasteiger partial charge in [-0.2, -0.15) is 4.99 Å². The van der Waals surface area contributed by atoms with Gasteiger partial charge in [-0.1, -0.05) is 66.4 Å². The van der Waals surface area contributed by atoms with Crippen molar-refractivity contribution in [2.75, 3.05) is 12.3 Å². The molecule has 2 aliphatic heterocycles. The van der Waals surface area contributed by atoms with E-state index in [-0.39, 0.29) is 48.7 Å². The summed E-state index contributed by atoms with van der Waals surface area (Å²) >= 11 is 1.24. The standard InChI is InChI=1S/C30H28FN5O3S/c31-22-12-10-21(11-13-22)18-33-26(37)15-14-25-29(39)35-28-23-8-4-5-9-24(23)34-30(36(25)28)40-19-27(38)32-17-16-20-6-2-1-3-7-20/h1-13,25H,14-19H2,(H,32,38)(H,33,37). The van der Waals surface area contributed by atoms with E-state index in [1.807, 2.05) is 54.6 Å². The molecule has 2 N–H and O–H groups in total. The van der Waals surface area contributed by atoms with Crippen LogP contribution in [0.25, 0.3) is 0 Å². The molecule has 0 bridgehead atoms. The Bertz CT molecular complexity index is 1460. The lowest BCUT2D eigenvalue weighted by molar-refractivity contribution is -0.122. The van der Waals surface area contributed by atoms with Gasteiger partial charge in [0.2, 0.25) is 11.8 Å². The van der Waals surface area contributed by atoms with Crippen LogP contribution >= 0.6 is 11.8 Å². The van der Waals surface area contributed by atoms with Gasteiger partial charge in [-0.15, -0.1) is 0 Å². The van der Waals surface area contributed by atoms with Crippen LogP contribution in [0.5, 0.6) is 0 Å². The number of nitrogens with one attached hydrogen (secondary N) is 2. The number of hydrogen-bond donors (Lipinski definition) is 2. The first-order valence-corrected chi connectivity index (χ1v) is 14.0. The number of halogens is 1. The molecule has 0 spiro atoms. The topological polar surface area (TPSA) is 103 Å². The van der Waals surface area contributed by atoms with Crippen molar-refractivity contribution in [2.45, 2.75) is 31.8 Å². The summed E-state index contributed by atoms with van der Waals surface area (Å²) in [7, 11) is 0. The van der Waals surface area contributed by atoms with Gasteiger partial charge in [-0.25, -0.2) is 9.38 Å². The van der Waals surface area contributed by atoms with Crippen LogP contribution in [0.4, 0.5) is 10.1 Å². The van der Waals surface area contributed by atoms with Gasteiger partial charge < -0.3 is 10.6 Å². The van der Waals surface area contributed by atoms with E-state index in [4.69, 9.17) is 4.99 Å². The zero-order valence-corrected chi connectivity index (χ0v) is 22.5. The lowest BCUT2D eigenvalue weighted by Crippen LogP contribution is -2.44. The number of benzene rings is 3. The molecule has 1 unspecified atom stereocenters. The molecule has 0 saturated heterocycles. The average Bonchev–Trinajstić information content (AvgIpc) is 3.31. The van der Waals surface area contributed by atoms with Gasteiger partial charge in [0.1, 0.15) is 17.7 Å². The predicted molar refractivity (Wildman–Crippen MR) is 154 cm³/mol. The Hall–Kier alpha value is -4.31. The van der Waals surface area contributed by atoms with Crippen molar-refractivity contribution in [3.63, 3.8) is 0 Å². The predicted octanol–water partition coefficient (Wildman–Crippen LogP) is 3.97. The third-order valence-corrected chi connectivity index (χ3v) is 7.52. The number of aliphatic imine (C=N–C) groups is 2. The fourth-order valence-corrected chi connectivity index (χ4v) is 5.39. The molecule has 40 heavy (non-hydrogen) atoms. The molecule has 10 heteroatoms. The highest BCUT2D eigenvalue weighted by molar-refractivity contribution is 8.14. The third kappa shape index (κ3) is 6.63. The highest BCUT2D eigenvalue weighted by Gasteiger charge is 2.41. The molecule has 1 atom stereocenters. The van der Waals surface area contributed by atoms with Crippen LogP contribution in [0.2, 0.25) is 0 Å². The summed E-state index contributed by atoms with van der Waals surface area (Å²) < 4.78 is 13.1. The Morgan fingerprint density at radius 2 is 1.62 bits per heavy atom. The van der Waals surface area contributed by atoms with Crippen molar-refractivity contribution in [1.82, 2.24) is 15.5 Å². The first-order chi connectivity index (χ1) is 19.5.